The molecule has 0 aromatic heterocycles. The van der Waals surface area contributed by atoms with Crippen LogP contribution in [-0.2, 0) is 11.0 Å². The molecule has 1 atom stereocenters. The first-order chi connectivity index (χ1) is 10.4. The molecule has 0 saturated carbocycles. The highest BCUT2D eigenvalue weighted by Gasteiger charge is 2.35. The maximum atomic E-state index is 12.7. The van der Waals surface area contributed by atoms with Gasteiger partial charge < -0.3 is 10.6 Å². The zero-order valence-corrected chi connectivity index (χ0v) is 14.6. The highest BCUT2D eigenvalue weighted by Crippen LogP contribution is 2.33. The van der Waals surface area contributed by atoms with Crippen LogP contribution in [0.3, 0.4) is 0 Å². The molecular formula is C14H16Cl3F3N2O. The molecule has 23 heavy (non-hydrogen) atoms. The summed E-state index contributed by atoms with van der Waals surface area (Å²) in [6.07, 6.45) is -5.47. The number of rotatable bonds is 5. The molecule has 0 bridgehead atoms. The summed E-state index contributed by atoms with van der Waals surface area (Å²) in [6, 6.07) is 4.40. The van der Waals surface area contributed by atoms with Crippen molar-refractivity contribution in [3.63, 3.8) is 0 Å². The van der Waals surface area contributed by atoms with E-state index in [4.69, 9.17) is 34.8 Å². The summed E-state index contributed by atoms with van der Waals surface area (Å²) in [5, 5.41) is 5.08. The molecule has 3 nitrogen and oxygen atoms in total. The van der Waals surface area contributed by atoms with Crippen LogP contribution in [0.5, 0.6) is 0 Å². The largest absolute Gasteiger partial charge is 0.416 e. The van der Waals surface area contributed by atoms with Gasteiger partial charge in [-0.25, -0.2) is 0 Å². The van der Waals surface area contributed by atoms with Gasteiger partial charge in [-0.3, -0.25) is 4.79 Å². The van der Waals surface area contributed by atoms with E-state index in [1.165, 1.54) is 12.1 Å². The molecule has 1 rings (SSSR count). The molecule has 0 heterocycles. The highest BCUT2D eigenvalue weighted by atomic mass is 35.6. The van der Waals surface area contributed by atoms with Gasteiger partial charge in [-0.15, -0.1) is 0 Å². The molecule has 0 spiro atoms. The third-order valence-corrected chi connectivity index (χ3v) is 3.38. The van der Waals surface area contributed by atoms with E-state index in [1.807, 2.05) is 13.8 Å². The summed E-state index contributed by atoms with van der Waals surface area (Å²) >= 11 is 17.4. The molecular weight excluding hydrogens is 376 g/mol. The predicted molar refractivity (Wildman–Crippen MR) is 86.7 cm³/mol. The number of halogens is 6. The first-order valence-corrected chi connectivity index (χ1v) is 7.83. The van der Waals surface area contributed by atoms with Crippen molar-refractivity contribution in [1.82, 2.24) is 5.32 Å². The average Bonchev–Trinajstić information content (AvgIpc) is 2.35. The fourth-order valence-corrected chi connectivity index (χ4v) is 2.07. The first-order valence-electron chi connectivity index (χ1n) is 6.69. The van der Waals surface area contributed by atoms with E-state index in [2.05, 4.69) is 10.6 Å². The quantitative estimate of drug-likeness (QED) is 0.549. The minimum Gasteiger partial charge on any atom is -0.362 e. The van der Waals surface area contributed by atoms with Crippen LogP contribution in [0, 0.1) is 5.92 Å². The van der Waals surface area contributed by atoms with Crippen LogP contribution in [0.15, 0.2) is 24.3 Å². The topological polar surface area (TPSA) is 41.1 Å². The second-order valence-corrected chi connectivity index (χ2v) is 7.73. The Morgan fingerprint density at radius 1 is 1.22 bits per heavy atom. The Morgan fingerprint density at radius 2 is 1.83 bits per heavy atom. The van der Waals surface area contributed by atoms with Crippen molar-refractivity contribution in [3.05, 3.63) is 29.8 Å². The van der Waals surface area contributed by atoms with Gasteiger partial charge in [0.1, 0.15) is 6.17 Å². The number of carbonyl (C=O) groups is 1. The lowest BCUT2D eigenvalue weighted by Gasteiger charge is -2.28. The van der Waals surface area contributed by atoms with Crippen molar-refractivity contribution in [2.75, 3.05) is 5.32 Å². The fraction of sp³-hybridized carbons (Fsp3) is 0.500. The number of alkyl halides is 6. The predicted octanol–water partition coefficient (Wildman–Crippen LogP) is 4.98. The van der Waals surface area contributed by atoms with Crippen molar-refractivity contribution in [2.45, 2.75) is 36.4 Å². The third kappa shape index (κ3) is 7.06. The molecule has 1 amide bonds. The minimum atomic E-state index is -4.49. The lowest BCUT2D eigenvalue weighted by atomic mass is 10.1. The van der Waals surface area contributed by atoms with Gasteiger partial charge in [0.2, 0.25) is 9.70 Å². The second kappa shape index (κ2) is 7.81. The molecule has 2 N–H and O–H groups in total. The number of anilines is 1. The number of hydrogen-bond acceptors (Lipinski definition) is 2. The van der Waals surface area contributed by atoms with Gasteiger partial charge in [0.15, 0.2) is 0 Å². The number of carbonyl (C=O) groups excluding carboxylic acids is 1. The molecule has 0 aliphatic heterocycles. The summed E-state index contributed by atoms with van der Waals surface area (Å²) in [5.41, 5.74) is -0.778. The van der Waals surface area contributed by atoms with Crippen molar-refractivity contribution < 1.29 is 18.0 Å². The highest BCUT2D eigenvalue weighted by molar-refractivity contribution is 6.68. The molecule has 0 fully saturated rings. The smallest absolute Gasteiger partial charge is 0.362 e. The van der Waals surface area contributed by atoms with Crippen LogP contribution in [0.1, 0.15) is 25.8 Å². The Kier molecular flexibility index (Phi) is 6.86. The Balaban J connectivity index is 2.92. The van der Waals surface area contributed by atoms with E-state index in [0.717, 1.165) is 12.1 Å². The Labute approximate surface area is 147 Å². The van der Waals surface area contributed by atoms with E-state index in [9.17, 15) is 18.0 Å². The van der Waals surface area contributed by atoms with Gasteiger partial charge >= 0.3 is 6.18 Å². The molecule has 9 heteroatoms. The maximum Gasteiger partial charge on any atom is 0.416 e. The van der Waals surface area contributed by atoms with Crippen LogP contribution in [0.25, 0.3) is 0 Å². The monoisotopic (exact) mass is 390 g/mol. The molecule has 0 unspecified atom stereocenters. The lowest BCUT2D eigenvalue weighted by molar-refractivity contribution is -0.137. The van der Waals surface area contributed by atoms with Gasteiger partial charge in [0.25, 0.3) is 0 Å². The summed E-state index contributed by atoms with van der Waals surface area (Å²) in [7, 11) is 0. The van der Waals surface area contributed by atoms with Crippen molar-refractivity contribution >= 4 is 46.4 Å². The zero-order valence-electron chi connectivity index (χ0n) is 12.3. The standard InChI is InChI=1S/C14H16Cl3F3N2O/c1-8(2)6-11(23)22-12(13(15,16)17)21-10-5-3-4-9(7-10)14(18,19)20/h3-5,7-8,12,21H,6H2,1-2H3,(H,22,23)/t12-/m0/s1. The van der Waals surface area contributed by atoms with Gasteiger partial charge in [0.05, 0.1) is 5.56 Å². The minimum absolute atomic E-state index is 0.0704. The molecule has 0 aliphatic carbocycles. The van der Waals surface area contributed by atoms with E-state index in [-0.39, 0.29) is 23.9 Å². The number of amides is 1. The Morgan fingerprint density at radius 3 is 2.30 bits per heavy atom. The van der Waals surface area contributed by atoms with E-state index >= 15 is 0 Å². The Bertz CT molecular complexity index is 545. The van der Waals surface area contributed by atoms with Crippen molar-refractivity contribution in [1.29, 1.82) is 0 Å². The first kappa shape index (κ1) is 20.2. The average molecular weight is 392 g/mol. The van der Waals surface area contributed by atoms with Crippen LogP contribution >= 0.6 is 34.8 Å². The van der Waals surface area contributed by atoms with E-state index < -0.39 is 21.7 Å². The number of benzene rings is 1. The summed E-state index contributed by atoms with van der Waals surface area (Å²) in [6.45, 7) is 3.67. The Hall–Kier alpha value is -0.850. The van der Waals surface area contributed by atoms with Gasteiger partial charge in [0, 0.05) is 12.1 Å². The molecule has 0 aliphatic rings. The summed E-state index contributed by atoms with van der Waals surface area (Å²) in [5.74, 6) is -0.296. The molecule has 1 aromatic carbocycles. The SMILES string of the molecule is CC(C)CC(=O)N[C@H](Nc1cccc(C(F)(F)F)c1)C(Cl)(Cl)Cl. The zero-order chi connectivity index (χ0) is 17.8. The van der Waals surface area contributed by atoms with Crippen molar-refractivity contribution in [2.24, 2.45) is 5.92 Å². The number of nitrogens with one attached hydrogen (secondary N) is 2. The van der Waals surface area contributed by atoms with E-state index in [1.54, 1.807) is 0 Å². The molecule has 130 valence electrons. The van der Waals surface area contributed by atoms with Crippen LogP contribution in [-0.4, -0.2) is 15.9 Å². The summed E-state index contributed by atoms with van der Waals surface area (Å²) < 4.78 is 36.2. The third-order valence-electron chi connectivity index (χ3n) is 2.73. The van der Waals surface area contributed by atoms with Gasteiger partial charge in [-0.05, 0) is 24.1 Å². The van der Waals surface area contributed by atoms with E-state index in [0.29, 0.717) is 0 Å². The normalized spacial score (nSPS) is 13.8. The van der Waals surface area contributed by atoms with Crippen LogP contribution < -0.4 is 10.6 Å². The van der Waals surface area contributed by atoms with Crippen molar-refractivity contribution in [3.8, 4) is 0 Å². The second-order valence-electron chi connectivity index (χ2n) is 5.36. The van der Waals surface area contributed by atoms with Crippen LogP contribution in [0.4, 0.5) is 18.9 Å². The number of hydrogen-bond donors (Lipinski definition) is 2. The molecule has 1 aromatic rings. The summed E-state index contributed by atoms with van der Waals surface area (Å²) in [4.78, 5) is 11.8. The molecule has 0 saturated heterocycles. The fourth-order valence-electron chi connectivity index (χ4n) is 1.74. The van der Waals surface area contributed by atoms with Gasteiger partial charge in [-0.2, -0.15) is 13.2 Å². The maximum absolute atomic E-state index is 12.7. The van der Waals surface area contributed by atoms with Gasteiger partial charge in [-0.1, -0.05) is 54.7 Å². The lowest BCUT2D eigenvalue weighted by Crippen LogP contribution is -2.49. The molecule has 0 radical (unpaired) electrons. The van der Waals surface area contributed by atoms with Crippen LogP contribution in [0.2, 0.25) is 0 Å².